The number of amides is 1. The quantitative estimate of drug-likeness (QED) is 0.771. The Labute approximate surface area is 99.2 Å². The summed E-state index contributed by atoms with van der Waals surface area (Å²) >= 11 is 0. The van der Waals surface area contributed by atoms with Crippen LogP contribution in [0.4, 0.5) is 0 Å². The van der Waals surface area contributed by atoms with Crippen LogP contribution in [-0.4, -0.2) is 18.0 Å². The van der Waals surface area contributed by atoms with Gasteiger partial charge in [-0.3, -0.25) is 4.79 Å². The van der Waals surface area contributed by atoms with Crippen molar-refractivity contribution in [3.63, 3.8) is 0 Å². The highest BCUT2D eigenvalue weighted by molar-refractivity contribution is 5.79. The molecule has 0 aromatic rings. The molecule has 0 aromatic heterocycles. The van der Waals surface area contributed by atoms with Gasteiger partial charge in [0.25, 0.3) is 0 Å². The minimum Gasteiger partial charge on any atom is -0.353 e. The molecule has 4 unspecified atom stereocenters. The zero-order valence-electron chi connectivity index (χ0n) is 10.8. The number of nitrogens with two attached hydrogens (primary N) is 1. The van der Waals surface area contributed by atoms with E-state index in [9.17, 15) is 4.79 Å². The maximum atomic E-state index is 11.9. The van der Waals surface area contributed by atoms with Crippen LogP contribution in [0, 0.1) is 11.8 Å². The Hall–Kier alpha value is -0.570. The number of hydrogen-bond donors (Lipinski definition) is 2. The molecule has 1 aliphatic carbocycles. The molecule has 0 spiro atoms. The summed E-state index contributed by atoms with van der Waals surface area (Å²) in [4.78, 5) is 11.9. The topological polar surface area (TPSA) is 55.1 Å². The first-order chi connectivity index (χ1) is 7.54. The van der Waals surface area contributed by atoms with E-state index >= 15 is 0 Å². The number of carbonyl (C=O) groups excluding carboxylic acids is 1. The van der Waals surface area contributed by atoms with Crippen LogP contribution in [0.2, 0.25) is 0 Å². The molecule has 1 saturated carbocycles. The fourth-order valence-electron chi connectivity index (χ4n) is 2.36. The van der Waals surface area contributed by atoms with Gasteiger partial charge in [0.05, 0.1) is 0 Å². The summed E-state index contributed by atoms with van der Waals surface area (Å²) in [6, 6.07) is 0.318. The molecule has 3 N–H and O–H groups in total. The molecule has 0 radical (unpaired) electrons. The molecular weight excluding hydrogens is 200 g/mol. The molecular formula is C13H26N2O. The lowest BCUT2D eigenvalue weighted by Crippen LogP contribution is -2.44. The second-order valence-electron chi connectivity index (χ2n) is 5.29. The zero-order valence-corrected chi connectivity index (χ0v) is 10.8. The van der Waals surface area contributed by atoms with Gasteiger partial charge >= 0.3 is 0 Å². The third-order valence-corrected chi connectivity index (χ3v) is 3.91. The Bertz CT molecular complexity index is 228. The minimum absolute atomic E-state index is 0.0643. The third kappa shape index (κ3) is 3.78. The predicted molar refractivity (Wildman–Crippen MR) is 67.0 cm³/mol. The molecule has 1 amide bonds. The monoisotopic (exact) mass is 226 g/mol. The lowest BCUT2D eigenvalue weighted by Gasteiger charge is -2.30. The second-order valence-corrected chi connectivity index (χ2v) is 5.29. The zero-order chi connectivity index (χ0) is 12.1. The van der Waals surface area contributed by atoms with Crippen LogP contribution in [0.5, 0.6) is 0 Å². The van der Waals surface area contributed by atoms with Crippen molar-refractivity contribution in [2.75, 3.05) is 0 Å². The second kappa shape index (κ2) is 6.24. The SMILES string of the molecule is CCC1CCCC(NC(=O)C(C)C(C)N)C1. The standard InChI is InChI=1S/C13H26N2O/c1-4-11-6-5-7-12(8-11)15-13(16)9(2)10(3)14/h9-12H,4-8,14H2,1-3H3,(H,15,16). The fourth-order valence-corrected chi connectivity index (χ4v) is 2.36. The highest BCUT2D eigenvalue weighted by Gasteiger charge is 2.24. The van der Waals surface area contributed by atoms with Gasteiger partial charge in [0.2, 0.25) is 5.91 Å². The smallest absolute Gasteiger partial charge is 0.224 e. The first kappa shape index (κ1) is 13.5. The van der Waals surface area contributed by atoms with Crippen LogP contribution >= 0.6 is 0 Å². The summed E-state index contributed by atoms with van der Waals surface area (Å²) in [5.41, 5.74) is 5.73. The number of hydrogen-bond acceptors (Lipinski definition) is 2. The normalized spacial score (nSPS) is 29.5. The van der Waals surface area contributed by atoms with Crippen molar-refractivity contribution >= 4 is 5.91 Å². The lowest BCUT2D eigenvalue weighted by molar-refractivity contribution is -0.126. The molecule has 3 nitrogen and oxygen atoms in total. The summed E-state index contributed by atoms with van der Waals surface area (Å²) in [5, 5.41) is 3.15. The van der Waals surface area contributed by atoms with Gasteiger partial charge in [-0.1, -0.05) is 33.1 Å². The molecule has 1 fully saturated rings. The minimum atomic E-state index is -0.0815. The van der Waals surface area contributed by atoms with E-state index < -0.39 is 0 Å². The summed E-state index contributed by atoms with van der Waals surface area (Å²) < 4.78 is 0. The van der Waals surface area contributed by atoms with E-state index in [2.05, 4.69) is 12.2 Å². The number of rotatable bonds is 4. The third-order valence-electron chi connectivity index (χ3n) is 3.91. The van der Waals surface area contributed by atoms with Crippen molar-refractivity contribution in [2.45, 2.75) is 65.0 Å². The van der Waals surface area contributed by atoms with Crippen LogP contribution < -0.4 is 11.1 Å². The first-order valence-electron chi connectivity index (χ1n) is 6.60. The van der Waals surface area contributed by atoms with Gasteiger partial charge in [-0.25, -0.2) is 0 Å². The Morgan fingerprint density at radius 2 is 2.12 bits per heavy atom. The van der Waals surface area contributed by atoms with Gasteiger partial charge in [0.1, 0.15) is 0 Å². The van der Waals surface area contributed by atoms with E-state index in [1.54, 1.807) is 0 Å². The summed E-state index contributed by atoms with van der Waals surface area (Å²) in [5.74, 6) is 0.836. The van der Waals surface area contributed by atoms with Crippen molar-refractivity contribution in [1.29, 1.82) is 0 Å². The van der Waals surface area contributed by atoms with Crippen LogP contribution in [0.1, 0.15) is 52.9 Å². The van der Waals surface area contributed by atoms with Gasteiger partial charge in [0.15, 0.2) is 0 Å². The van der Waals surface area contributed by atoms with Gasteiger partial charge in [-0.05, 0) is 25.7 Å². The highest BCUT2D eigenvalue weighted by Crippen LogP contribution is 2.26. The Kier molecular flexibility index (Phi) is 5.26. The van der Waals surface area contributed by atoms with E-state index in [4.69, 9.17) is 5.73 Å². The van der Waals surface area contributed by atoms with Crippen LogP contribution in [0.3, 0.4) is 0 Å². The maximum Gasteiger partial charge on any atom is 0.224 e. The van der Waals surface area contributed by atoms with E-state index in [1.807, 2.05) is 13.8 Å². The van der Waals surface area contributed by atoms with Gasteiger partial charge in [-0.2, -0.15) is 0 Å². The van der Waals surface area contributed by atoms with Crippen LogP contribution in [-0.2, 0) is 4.79 Å². The van der Waals surface area contributed by atoms with Crippen LogP contribution in [0.15, 0.2) is 0 Å². The Balaban J connectivity index is 2.38. The number of carbonyl (C=O) groups is 1. The largest absolute Gasteiger partial charge is 0.353 e. The van der Waals surface area contributed by atoms with Crippen molar-refractivity contribution < 1.29 is 4.79 Å². The molecule has 94 valence electrons. The Morgan fingerprint density at radius 3 is 2.69 bits per heavy atom. The molecule has 4 atom stereocenters. The molecule has 0 aromatic carbocycles. The average Bonchev–Trinajstić information content (AvgIpc) is 2.28. The van der Waals surface area contributed by atoms with E-state index in [-0.39, 0.29) is 17.9 Å². The lowest BCUT2D eigenvalue weighted by atomic mass is 9.84. The first-order valence-corrected chi connectivity index (χ1v) is 6.60. The van der Waals surface area contributed by atoms with Crippen molar-refractivity contribution in [1.82, 2.24) is 5.32 Å². The van der Waals surface area contributed by atoms with Gasteiger partial charge in [0, 0.05) is 18.0 Å². The summed E-state index contributed by atoms with van der Waals surface area (Å²) in [6.45, 7) is 6.03. The molecule has 0 saturated heterocycles. The summed E-state index contributed by atoms with van der Waals surface area (Å²) in [7, 11) is 0. The van der Waals surface area contributed by atoms with Gasteiger partial charge < -0.3 is 11.1 Å². The molecule has 1 aliphatic rings. The van der Waals surface area contributed by atoms with E-state index in [0.29, 0.717) is 6.04 Å². The van der Waals surface area contributed by atoms with Crippen molar-refractivity contribution in [2.24, 2.45) is 17.6 Å². The fraction of sp³-hybridized carbons (Fsp3) is 0.923. The van der Waals surface area contributed by atoms with E-state index in [0.717, 1.165) is 18.8 Å². The van der Waals surface area contributed by atoms with Crippen molar-refractivity contribution in [3.05, 3.63) is 0 Å². The molecule has 0 heterocycles. The Morgan fingerprint density at radius 1 is 1.44 bits per heavy atom. The summed E-state index contributed by atoms with van der Waals surface area (Å²) in [6.07, 6.45) is 6.08. The highest BCUT2D eigenvalue weighted by atomic mass is 16.1. The number of nitrogens with one attached hydrogen (secondary N) is 1. The molecule has 3 heteroatoms. The predicted octanol–water partition coefficient (Wildman–Crippen LogP) is 2.05. The van der Waals surface area contributed by atoms with E-state index in [1.165, 1.54) is 19.3 Å². The maximum absolute atomic E-state index is 11.9. The van der Waals surface area contributed by atoms with Crippen molar-refractivity contribution in [3.8, 4) is 0 Å². The molecule has 16 heavy (non-hydrogen) atoms. The average molecular weight is 226 g/mol. The molecule has 0 bridgehead atoms. The van der Waals surface area contributed by atoms with Crippen LogP contribution in [0.25, 0.3) is 0 Å². The van der Waals surface area contributed by atoms with Gasteiger partial charge in [-0.15, -0.1) is 0 Å². The molecule has 0 aliphatic heterocycles. The molecule has 1 rings (SSSR count).